The summed E-state index contributed by atoms with van der Waals surface area (Å²) in [6.45, 7) is 6.55. The maximum atomic E-state index is 13.2. The quantitative estimate of drug-likeness (QED) is 0.598. The second-order valence-corrected chi connectivity index (χ2v) is 5.06. The molecule has 0 aliphatic heterocycles. The second kappa shape index (κ2) is 3.33. The Morgan fingerprint density at radius 2 is 1.83 bits per heavy atom. The molecule has 0 unspecified atom stereocenters. The molecular weight excluding hydrogens is 153 g/mol. The summed E-state index contributed by atoms with van der Waals surface area (Å²) in [5.41, 5.74) is 5.85. The molecule has 1 aliphatic rings. The smallest absolute Gasteiger partial charge is 0.115 e. The van der Waals surface area contributed by atoms with E-state index in [0.29, 0.717) is 12.3 Å². The third-order valence-corrected chi connectivity index (χ3v) is 3.05. The van der Waals surface area contributed by atoms with Gasteiger partial charge in [0.2, 0.25) is 0 Å². The molecule has 0 aromatic rings. The van der Waals surface area contributed by atoms with E-state index >= 15 is 0 Å². The molecule has 0 aromatic heterocycles. The first-order valence-corrected chi connectivity index (χ1v) is 4.81. The first-order valence-electron chi connectivity index (χ1n) is 4.81. The van der Waals surface area contributed by atoms with Crippen LogP contribution in [0.25, 0.3) is 0 Å². The molecule has 1 saturated carbocycles. The first-order chi connectivity index (χ1) is 5.41. The molecule has 1 nitrogen and oxygen atoms in total. The van der Waals surface area contributed by atoms with E-state index in [9.17, 15) is 4.39 Å². The second-order valence-electron chi connectivity index (χ2n) is 5.06. The zero-order valence-electron chi connectivity index (χ0n) is 8.31. The number of alkyl halides is 1. The lowest BCUT2D eigenvalue weighted by molar-refractivity contribution is 0.100. The van der Waals surface area contributed by atoms with Crippen molar-refractivity contribution < 1.29 is 4.39 Å². The summed E-state index contributed by atoms with van der Waals surface area (Å²) in [6.07, 6.45) is 1.82. The minimum Gasteiger partial charge on any atom is -0.325 e. The monoisotopic (exact) mass is 173 g/mol. The van der Waals surface area contributed by atoms with Crippen molar-refractivity contribution in [2.75, 3.05) is 0 Å². The summed E-state index contributed by atoms with van der Waals surface area (Å²) in [6, 6.07) is -0.205. The summed E-state index contributed by atoms with van der Waals surface area (Å²) >= 11 is 0. The zero-order chi connectivity index (χ0) is 9.35. The maximum Gasteiger partial charge on any atom is 0.115 e. The summed E-state index contributed by atoms with van der Waals surface area (Å²) in [7, 11) is 0. The van der Waals surface area contributed by atoms with Crippen molar-refractivity contribution in [1.82, 2.24) is 0 Å². The fraction of sp³-hybridized carbons (Fsp3) is 1.00. The summed E-state index contributed by atoms with van der Waals surface area (Å²) in [4.78, 5) is 0. The van der Waals surface area contributed by atoms with Gasteiger partial charge in [-0.1, -0.05) is 20.8 Å². The Hall–Kier alpha value is -0.110. The predicted molar refractivity (Wildman–Crippen MR) is 49.7 cm³/mol. The topological polar surface area (TPSA) is 26.0 Å². The number of hydrogen-bond acceptors (Lipinski definition) is 1. The van der Waals surface area contributed by atoms with E-state index in [4.69, 9.17) is 5.73 Å². The standard InChI is InChI=1S/C10H20FN/c1-10(2,3)7-4-5-9(12)8(11)6-7/h7-9H,4-6,12H2,1-3H3/t7-,8+,9+/m1/s1. The lowest BCUT2D eigenvalue weighted by atomic mass is 9.71. The number of nitrogens with two attached hydrogens (primary N) is 1. The Morgan fingerprint density at radius 3 is 2.25 bits per heavy atom. The van der Waals surface area contributed by atoms with Crippen LogP contribution in [0, 0.1) is 11.3 Å². The molecule has 72 valence electrons. The fourth-order valence-electron chi connectivity index (χ4n) is 1.93. The van der Waals surface area contributed by atoms with Crippen molar-refractivity contribution in [3.63, 3.8) is 0 Å². The highest BCUT2D eigenvalue weighted by Gasteiger charge is 2.34. The van der Waals surface area contributed by atoms with E-state index in [-0.39, 0.29) is 11.5 Å². The zero-order valence-corrected chi connectivity index (χ0v) is 8.31. The van der Waals surface area contributed by atoms with Crippen LogP contribution in [0.3, 0.4) is 0 Å². The Morgan fingerprint density at radius 1 is 1.25 bits per heavy atom. The van der Waals surface area contributed by atoms with Crippen LogP contribution in [0.1, 0.15) is 40.0 Å². The average molecular weight is 173 g/mol. The third-order valence-electron chi connectivity index (χ3n) is 3.05. The fourth-order valence-corrected chi connectivity index (χ4v) is 1.93. The van der Waals surface area contributed by atoms with Gasteiger partial charge in [-0.2, -0.15) is 0 Å². The van der Waals surface area contributed by atoms with E-state index in [1.165, 1.54) is 0 Å². The lowest BCUT2D eigenvalue weighted by Gasteiger charge is -2.37. The van der Waals surface area contributed by atoms with Crippen LogP contribution < -0.4 is 5.73 Å². The molecule has 2 N–H and O–H groups in total. The predicted octanol–water partition coefficient (Wildman–Crippen LogP) is 2.50. The molecule has 0 bridgehead atoms. The van der Waals surface area contributed by atoms with Gasteiger partial charge in [0.05, 0.1) is 0 Å². The molecule has 1 fully saturated rings. The van der Waals surface area contributed by atoms with Gasteiger partial charge in [-0.25, -0.2) is 4.39 Å². The maximum absolute atomic E-state index is 13.2. The van der Waals surface area contributed by atoms with Crippen molar-refractivity contribution in [3.05, 3.63) is 0 Å². The van der Waals surface area contributed by atoms with E-state index in [2.05, 4.69) is 20.8 Å². The van der Waals surface area contributed by atoms with Gasteiger partial charge in [-0.3, -0.25) is 0 Å². The largest absolute Gasteiger partial charge is 0.325 e. The van der Waals surface area contributed by atoms with Gasteiger partial charge >= 0.3 is 0 Å². The van der Waals surface area contributed by atoms with E-state index < -0.39 is 6.17 Å². The Bertz CT molecular complexity index is 150. The molecule has 0 aromatic carbocycles. The van der Waals surface area contributed by atoms with Gasteiger partial charge < -0.3 is 5.73 Å². The molecule has 2 heteroatoms. The van der Waals surface area contributed by atoms with Crippen LogP contribution in [0.5, 0.6) is 0 Å². The first kappa shape index (κ1) is 9.97. The van der Waals surface area contributed by atoms with Crippen LogP contribution in [0.4, 0.5) is 4.39 Å². The molecule has 0 saturated heterocycles. The molecule has 12 heavy (non-hydrogen) atoms. The van der Waals surface area contributed by atoms with Gasteiger partial charge in [-0.15, -0.1) is 0 Å². The molecule has 0 radical (unpaired) electrons. The lowest BCUT2D eigenvalue weighted by Crippen LogP contribution is -2.40. The average Bonchev–Trinajstić information content (AvgIpc) is 1.92. The van der Waals surface area contributed by atoms with Gasteiger partial charge in [0, 0.05) is 6.04 Å². The Balaban J connectivity index is 2.51. The van der Waals surface area contributed by atoms with E-state index in [0.717, 1.165) is 12.8 Å². The number of rotatable bonds is 0. The van der Waals surface area contributed by atoms with Gasteiger partial charge in [-0.05, 0) is 30.6 Å². The molecule has 0 heterocycles. The molecule has 3 atom stereocenters. The van der Waals surface area contributed by atoms with Gasteiger partial charge in [0.15, 0.2) is 0 Å². The number of hydrogen-bond donors (Lipinski definition) is 1. The van der Waals surface area contributed by atoms with Crippen molar-refractivity contribution in [3.8, 4) is 0 Å². The van der Waals surface area contributed by atoms with Crippen LogP contribution in [0.15, 0.2) is 0 Å². The van der Waals surface area contributed by atoms with Crippen LogP contribution in [0.2, 0.25) is 0 Å². The van der Waals surface area contributed by atoms with Crippen LogP contribution in [-0.4, -0.2) is 12.2 Å². The highest BCUT2D eigenvalue weighted by atomic mass is 19.1. The van der Waals surface area contributed by atoms with Crippen LogP contribution >= 0.6 is 0 Å². The van der Waals surface area contributed by atoms with Crippen molar-refractivity contribution in [1.29, 1.82) is 0 Å². The molecular formula is C10H20FN. The molecule has 0 spiro atoms. The van der Waals surface area contributed by atoms with Crippen molar-refractivity contribution in [2.24, 2.45) is 17.1 Å². The highest BCUT2D eigenvalue weighted by Crippen LogP contribution is 2.38. The van der Waals surface area contributed by atoms with Crippen molar-refractivity contribution in [2.45, 2.75) is 52.2 Å². The molecule has 0 amide bonds. The van der Waals surface area contributed by atoms with E-state index in [1.54, 1.807) is 0 Å². The van der Waals surface area contributed by atoms with Gasteiger partial charge in [0.25, 0.3) is 0 Å². The summed E-state index contributed by atoms with van der Waals surface area (Å²) < 4.78 is 13.2. The third kappa shape index (κ3) is 2.19. The SMILES string of the molecule is CC(C)(C)[C@@H]1CC[C@H](N)[C@@H](F)C1. The van der Waals surface area contributed by atoms with Gasteiger partial charge in [0.1, 0.15) is 6.17 Å². The molecule has 1 rings (SSSR count). The normalized spacial score (nSPS) is 38.2. The number of halogens is 1. The summed E-state index contributed by atoms with van der Waals surface area (Å²) in [5.74, 6) is 0.507. The van der Waals surface area contributed by atoms with E-state index in [1.807, 2.05) is 0 Å². The summed E-state index contributed by atoms with van der Waals surface area (Å²) in [5, 5.41) is 0. The minimum absolute atomic E-state index is 0.205. The van der Waals surface area contributed by atoms with Crippen LogP contribution in [-0.2, 0) is 0 Å². The highest BCUT2D eigenvalue weighted by molar-refractivity contribution is 4.87. The Labute approximate surface area is 74.5 Å². The van der Waals surface area contributed by atoms with Crippen molar-refractivity contribution >= 4 is 0 Å². The molecule has 1 aliphatic carbocycles. The Kier molecular flexibility index (Phi) is 2.77. The minimum atomic E-state index is -0.775.